The van der Waals surface area contributed by atoms with Gasteiger partial charge in [-0.1, -0.05) is 12.1 Å². The lowest BCUT2D eigenvalue weighted by atomic mass is 10.1. The van der Waals surface area contributed by atoms with E-state index < -0.39 is 17.9 Å². The first-order valence-corrected chi connectivity index (χ1v) is 6.43. The van der Waals surface area contributed by atoms with Crippen LogP contribution in [0.3, 0.4) is 0 Å². The maximum absolute atomic E-state index is 12.1. The second kappa shape index (κ2) is 6.13. The van der Waals surface area contributed by atoms with Crippen molar-refractivity contribution in [3.8, 4) is 5.75 Å². The van der Waals surface area contributed by atoms with Gasteiger partial charge in [0.25, 0.3) is 5.91 Å². The topological polar surface area (TPSA) is 91.6 Å². The van der Waals surface area contributed by atoms with Crippen molar-refractivity contribution in [2.24, 2.45) is 0 Å². The lowest BCUT2D eigenvalue weighted by molar-refractivity contribution is -0.117. The number of phenols is 1. The number of para-hydroxylation sites is 1. The Labute approximate surface area is 121 Å². The summed E-state index contributed by atoms with van der Waals surface area (Å²) in [6.07, 6.45) is 1.38. The zero-order valence-electron chi connectivity index (χ0n) is 11.7. The van der Waals surface area contributed by atoms with E-state index in [2.05, 4.69) is 10.6 Å². The molecule has 2 aromatic rings. The van der Waals surface area contributed by atoms with E-state index in [0.29, 0.717) is 5.69 Å². The second-order valence-electron chi connectivity index (χ2n) is 4.63. The fraction of sp³-hybridized carbons (Fsp3) is 0.200. The number of carbonyl (C=O) groups excluding carboxylic acids is 2. The fourth-order valence-corrected chi connectivity index (χ4v) is 1.79. The molecule has 1 aromatic heterocycles. The first-order valence-electron chi connectivity index (χ1n) is 6.43. The van der Waals surface area contributed by atoms with Crippen molar-refractivity contribution >= 4 is 17.5 Å². The molecule has 0 unspecified atom stereocenters. The summed E-state index contributed by atoms with van der Waals surface area (Å²) in [5.74, 6) is -0.794. The number of hydrogen-bond acceptors (Lipinski definition) is 4. The highest BCUT2D eigenvalue weighted by atomic mass is 16.3. The third-order valence-electron chi connectivity index (χ3n) is 2.98. The highest BCUT2D eigenvalue weighted by molar-refractivity contribution is 6.00. The number of aryl methyl sites for hydroxylation is 1. The Kier molecular flexibility index (Phi) is 4.27. The number of hydrogen-bond donors (Lipinski definition) is 3. The molecule has 6 nitrogen and oxygen atoms in total. The minimum atomic E-state index is -0.776. The van der Waals surface area contributed by atoms with Gasteiger partial charge in [0.15, 0.2) is 5.76 Å². The van der Waals surface area contributed by atoms with Crippen molar-refractivity contribution < 1.29 is 19.1 Å². The number of aromatic hydroxyl groups is 1. The molecule has 6 heteroatoms. The molecule has 3 N–H and O–H groups in total. The number of anilines is 1. The van der Waals surface area contributed by atoms with E-state index in [1.165, 1.54) is 18.4 Å². The molecule has 1 aromatic carbocycles. The zero-order chi connectivity index (χ0) is 15.4. The van der Waals surface area contributed by atoms with E-state index in [1.54, 1.807) is 32.0 Å². The van der Waals surface area contributed by atoms with Crippen molar-refractivity contribution in [3.63, 3.8) is 0 Å². The molecule has 0 aliphatic carbocycles. The Morgan fingerprint density at radius 3 is 2.62 bits per heavy atom. The van der Waals surface area contributed by atoms with Gasteiger partial charge in [-0.05, 0) is 37.6 Å². The van der Waals surface area contributed by atoms with Crippen molar-refractivity contribution in [2.45, 2.75) is 19.9 Å². The molecular weight excluding hydrogens is 272 g/mol. The van der Waals surface area contributed by atoms with E-state index in [0.717, 1.165) is 5.56 Å². The van der Waals surface area contributed by atoms with Crippen LogP contribution in [0.15, 0.2) is 41.0 Å². The average molecular weight is 288 g/mol. The van der Waals surface area contributed by atoms with Crippen LogP contribution in [0.5, 0.6) is 5.75 Å². The summed E-state index contributed by atoms with van der Waals surface area (Å²) in [6, 6.07) is 7.25. The summed E-state index contributed by atoms with van der Waals surface area (Å²) >= 11 is 0. The number of phenolic OH excluding ortho intramolecular Hbond substituents is 1. The van der Waals surface area contributed by atoms with Gasteiger partial charge in [0.1, 0.15) is 11.8 Å². The molecule has 0 saturated heterocycles. The van der Waals surface area contributed by atoms with Crippen LogP contribution in [0.25, 0.3) is 0 Å². The van der Waals surface area contributed by atoms with Gasteiger partial charge in [-0.15, -0.1) is 0 Å². The molecule has 2 rings (SSSR count). The molecule has 0 aliphatic rings. The summed E-state index contributed by atoms with van der Waals surface area (Å²) < 4.78 is 4.95. The molecule has 0 fully saturated rings. The number of carbonyl (C=O) groups is 2. The molecule has 21 heavy (non-hydrogen) atoms. The first kappa shape index (κ1) is 14.6. The smallest absolute Gasteiger partial charge is 0.287 e. The fourth-order valence-electron chi connectivity index (χ4n) is 1.79. The first-order chi connectivity index (χ1) is 9.99. The van der Waals surface area contributed by atoms with Crippen LogP contribution in [0.2, 0.25) is 0 Å². The van der Waals surface area contributed by atoms with Gasteiger partial charge >= 0.3 is 0 Å². The summed E-state index contributed by atoms with van der Waals surface area (Å²) in [6.45, 7) is 3.31. The van der Waals surface area contributed by atoms with Crippen molar-refractivity contribution in [1.82, 2.24) is 5.32 Å². The third-order valence-corrected chi connectivity index (χ3v) is 2.98. The number of rotatable bonds is 4. The number of benzene rings is 1. The predicted molar refractivity (Wildman–Crippen MR) is 77.1 cm³/mol. The van der Waals surface area contributed by atoms with Gasteiger partial charge in [0, 0.05) is 0 Å². The average Bonchev–Trinajstić information content (AvgIpc) is 2.97. The Hall–Kier alpha value is -2.76. The van der Waals surface area contributed by atoms with Crippen LogP contribution < -0.4 is 10.6 Å². The van der Waals surface area contributed by atoms with Crippen LogP contribution in [0.1, 0.15) is 23.0 Å². The van der Waals surface area contributed by atoms with Crippen LogP contribution >= 0.6 is 0 Å². The monoisotopic (exact) mass is 288 g/mol. The molecule has 2 amide bonds. The third kappa shape index (κ3) is 3.42. The van der Waals surface area contributed by atoms with Crippen LogP contribution in [0, 0.1) is 6.92 Å². The van der Waals surface area contributed by atoms with Crippen LogP contribution in [-0.4, -0.2) is 23.0 Å². The van der Waals surface area contributed by atoms with Gasteiger partial charge in [-0.3, -0.25) is 9.59 Å². The number of nitrogens with one attached hydrogen (secondary N) is 2. The molecule has 0 spiro atoms. The predicted octanol–water partition coefficient (Wildman–Crippen LogP) is 2.05. The summed E-state index contributed by atoms with van der Waals surface area (Å²) in [5.41, 5.74) is 1.06. The Balaban J connectivity index is 2.01. The van der Waals surface area contributed by atoms with Crippen LogP contribution in [-0.2, 0) is 4.79 Å². The Morgan fingerprint density at radius 2 is 2.00 bits per heavy atom. The maximum atomic E-state index is 12.1. The molecule has 0 aliphatic heterocycles. The zero-order valence-corrected chi connectivity index (χ0v) is 11.7. The Bertz CT molecular complexity index is 629. The van der Waals surface area contributed by atoms with E-state index >= 15 is 0 Å². The molecule has 110 valence electrons. The van der Waals surface area contributed by atoms with E-state index in [-0.39, 0.29) is 11.5 Å². The lowest BCUT2D eigenvalue weighted by Gasteiger charge is -2.15. The van der Waals surface area contributed by atoms with Crippen LogP contribution in [0.4, 0.5) is 5.69 Å². The summed E-state index contributed by atoms with van der Waals surface area (Å²) in [5, 5.41) is 14.8. The quantitative estimate of drug-likeness (QED) is 0.751. The molecule has 1 atom stereocenters. The number of furan rings is 1. The lowest BCUT2D eigenvalue weighted by Crippen LogP contribution is -2.41. The molecule has 0 saturated carbocycles. The summed E-state index contributed by atoms with van der Waals surface area (Å²) in [7, 11) is 0. The van der Waals surface area contributed by atoms with E-state index in [9.17, 15) is 14.7 Å². The van der Waals surface area contributed by atoms with Crippen molar-refractivity contribution in [1.29, 1.82) is 0 Å². The van der Waals surface area contributed by atoms with Crippen molar-refractivity contribution in [2.75, 3.05) is 5.32 Å². The minimum absolute atomic E-state index is 0.0205. The van der Waals surface area contributed by atoms with Gasteiger partial charge in [0.2, 0.25) is 5.91 Å². The largest absolute Gasteiger partial charge is 0.506 e. The highest BCUT2D eigenvalue weighted by Crippen LogP contribution is 2.26. The standard InChI is InChI=1S/C15H16N2O4/c1-9-5-3-6-11(18)13(9)17-14(19)10(2)16-15(20)12-7-4-8-21-12/h3-8,10,18H,1-2H3,(H,16,20)(H,17,19)/t10-/m0/s1. The highest BCUT2D eigenvalue weighted by Gasteiger charge is 2.19. The molecule has 0 radical (unpaired) electrons. The van der Waals surface area contributed by atoms with Crippen molar-refractivity contribution in [3.05, 3.63) is 47.9 Å². The second-order valence-corrected chi connectivity index (χ2v) is 4.63. The van der Waals surface area contributed by atoms with Gasteiger partial charge < -0.3 is 20.2 Å². The minimum Gasteiger partial charge on any atom is -0.506 e. The van der Waals surface area contributed by atoms with Gasteiger partial charge in [0.05, 0.1) is 12.0 Å². The SMILES string of the molecule is Cc1cccc(O)c1NC(=O)[C@H](C)NC(=O)c1ccco1. The normalized spacial score (nSPS) is 11.7. The number of amides is 2. The van der Waals surface area contributed by atoms with Gasteiger partial charge in [-0.2, -0.15) is 0 Å². The van der Waals surface area contributed by atoms with E-state index in [1.807, 2.05) is 0 Å². The van der Waals surface area contributed by atoms with Gasteiger partial charge in [-0.25, -0.2) is 0 Å². The Morgan fingerprint density at radius 1 is 1.24 bits per heavy atom. The van der Waals surface area contributed by atoms with E-state index in [4.69, 9.17) is 4.42 Å². The maximum Gasteiger partial charge on any atom is 0.287 e. The summed E-state index contributed by atoms with van der Waals surface area (Å²) in [4.78, 5) is 23.8. The molecule has 0 bridgehead atoms. The molecule has 1 heterocycles. The molecular formula is C15H16N2O4.